The van der Waals surface area contributed by atoms with Crippen LogP contribution >= 0.6 is 0 Å². The van der Waals surface area contributed by atoms with Crippen molar-refractivity contribution in [3.63, 3.8) is 0 Å². The van der Waals surface area contributed by atoms with Gasteiger partial charge < -0.3 is 0 Å². The lowest BCUT2D eigenvalue weighted by Gasteiger charge is -2.21. The van der Waals surface area contributed by atoms with Gasteiger partial charge in [0.25, 0.3) is 0 Å². The second kappa shape index (κ2) is 6.41. The van der Waals surface area contributed by atoms with Crippen molar-refractivity contribution in [1.29, 1.82) is 0 Å². The van der Waals surface area contributed by atoms with Gasteiger partial charge in [-0.05, 0) is 46.5 Å². The average Bonchev–Trinajstić information content (AvgIpc) is 2.09. The summed E-state index contributed by atoms with van der Waals surface area (Å²) in [5.41, 5.74) is -0.204. The van der Waals surface area contributed by atoms with E-state index in [9.17, 15) is 0 Å². The smallest absolute Gasteiger partial charge is 0.0952 e. The summed E-state index contributed by atoms with van der Waals surface area (Å²) in [7, 11) is 0. The van der Waals surface area contributed by atoms with Gasteiger partial charge in [0.15, 0.2) is 0 Å². The minimum atomic E-state index is -0.204. The van der Waals surface area contributed by atoms with Crippen LogP contribution in [-0.4, -0.2) is 11.7 Å². The Balaban J connectivity index is 3.51. The van der Waals surface area contributed by atoms with Crippen LogP contribution in [0, 0.1) is 5.92 Å². The van der Waals surface area contributed by atoms with Crippen molar-refractivity contribution in [1.82, 2.24) is 0 Å². The molecule has 0 aliphatic rings. The van der Waals surface area contributed by atoms with E-state index in [1.165, 1.54) is 12.8 Å². The summed E-state index contributed by atoms with van der Waals surface area (Å²) in [5, 5.41) is 0. The van der Waals surface area contributed by atoms with Gasteiger partial charge in [0, 0.05) is 0 Å². The van der Waals surface area contributed by atoms with Crippen molar-refractivity contribution in [3.05, 3.63) is 0 Å². The highest BCUT2D eigenvalue weighted by Crippen LogP contribution is 2.15. The molecule has 0 amide bonds. The monoisotopic (exact) mass is 202 g/mol. The van der Waals surface area contributed by atoms with Crippen LogP contribution in [0.1, 0.15) is 60.8 Å². The second-order valence-corrected chi connectivity index (χ2v) is 5.19. The lowest BCUT2D eigenvalue weighted by molar-refractivity contribution is -0.371. The number of hydrogen-bond donors (Lipinski definition) is 0. The fourth-order valence-electron chi connectivity index (χ4n) is 0.998. The molecule has 14 heavy (non-hydrogen) atoms. The van der Waals surface area contributed by atoms with Crippen LogP contribution in [0.5, 0.6) is 0 Å². The van der Waals surface area contributed by atoms with Gasteiger partial charge in [0.05, 0.1) is 11.7 Å². The molecule has 2 unspecified atom stereocenters. The van der Waals surface area contributed by atoms with Crippen LogP contribution in [0.4, 0.5) is 0 Å². The molecule has 2 nitrogen and oxygen atoms in total. The first-order chi connectivity index (χ1) is 6.35. The third kappa shape index (κ3) is 8.52. The van der Waals surface area contributed by atoms with E-state index in [0.717, 1.165) is 12.3 Å². The predicted molar refractivity (Wildman–Crippen MR) is 60.1 cm³/mol. The Morgan fingerprint density at radius 1 is 1.07 bits per heavy atom. The number of rotatable bonds is 6. The molecule has 0 aliphatic heterocycles. The molecule has 2 heteroatoms. The highest BCUT2D eigenvalue weighted by atomic mass is 17.2. The van der Waals surface area contributed by atoms with Crippen LogP contribution in [-0.2, 0) is 9.78 Å². The third-order valence-corrected chi connectivity index (χ3v) is 2.23. The Bertz CT molecular complexity index is 138. The maximum Gasteiger partial charge on any atom is 0.0952 e. The van der Waals surface area contributed by atoms with E-state index in [1.54, 1.807) is 0 Å². The minimum Gasteiger partial charge on any atom is -0.233 e. The molecule has 0 bridgehead atoms. The van der Waals surface area contributed by atoms with Gasteiger partial charge in [0.1, 0.15) is 0 Å². The summed E-state index contributed by atoms with van der Waals surface area (Å²) < 4.78 is 0. The molecule has 0 radical (unpaired) electrons. The highest BCUT2D eigenvalue weighted by Gasteiger charge is 2.14. The molecular formula is C12H26O2. The van der Waals surface area contributed by atoms with Crippen molar-refractivity contribution in [3.8, 4) is 0 Å². The van der Waals surface area contributed by atoms with E-state index in [-0.39, 0.29) is 11.7 Å². The highest BCUT2D eigenvalue weighted by molar-refractivity contribution is 4.57. The summed E-state index contributed by atoms with van der Waals surface area (Å²) in [5.74, 6) is 0.788. The van der Waals surface area contributed by atoms with E-state index in [0.29, 0.717) is 0 Å². The largest absolute Gasteiger partial charge is 0.233 e. The zero-order valence-electron chi connectivity index (χ0n) is 10.6. The van der Waals surface area contributed by atoms with Crippen molar-refractivity contribution in [2.24, 2.45) is 5.92 Å². The van der Waals surface area contributed by atoms with Crippen molar-refractivity contribution in [2.75, 3.05) is 0 Å². The Morgan fingerprint density at radius 3 is 2.07 bits per heavy atom. The van der Waals surface area contributed by atoms with Crippen molar-refractivity contribution in [2.45, 2.75) is 72.5 Å². The summed E-state index contributed by atoms with van der Waals surface area (Å²) in [4.78, 5) is 10.6. The van der Waals surface area contributed by atoms with Crippen LogP contribution in [0.25, 0.3) is 0 Å². The summed E-state index contributed by atoms with van der Waals surface area (Å²) in [6, 6.07) is 0. The van der Waals surface area contributed by atoms with Gasteiger partial charge in [-0.25, -0.2) is 9.78 Å². The Kier molecular flexibility index (Phi) is 6.38. The summed E-state index contributed by atoms with van der Waals surface area (Å²) in [6.45, 7) is 12.5. The lowest BCUT2D eigenvalue weighted by atomic mass is 10.0. The van der Waals surface area contributed by atoms with E-state index >= 15 is 0 Å². The fourth-order valence-corrected chi connectivity index (χ4v) is 0.998. The quantitative estimate of drug-likeness (QED) is 0.479. The molecule has 2 atom stereocenters. The van der Waals surface area contributed by atoms with Crippen LogP contribution in [0.3, 0.4) is 0 Å². The lowest BCUT2D eigenvalue weighted by Crippen LogP contribution is -2.23. The van der Waals surface area contributed by atoms with Crippen LogP contribution in [0.15, 0.2) is 0 Å². The van der Waals surface area contributed by atoms with Gasteiger partial charge in [-0.15, -0.1) is 0 Å². The Hall–Kier alpha value is -0.0800. The van der Waals surface area contributed by atoms with E-state index in [2.05, 4.69) is 20.8 Å². The second-order valence-electron chi connectivity index (χ2n) is 5.19. The first-order valence-corrected chi connectivity index (χ1v) is 5.69. The maximum absolute atomic E-state index is 5.30. The standard InChI is InChI=1S/C12H26O2/c1-7-10(2)8-9-11(3)13-14-12(4,5)6/h10-11H,7-9H2,1-6H3. The molecular weight excluding hydrogens is 176 g/mol. The van der Waals surface area contributed by atoms with E-state index in [4.69, 9.17) is 9.78 Å². The normalized spacial score (nSPS) is 16.7. The van der Waals surface area contributed by atoms with Crippen LogP contribution < -0.4 is 0 Å². The zero-order valence-corrected chi connectivity index (χ0v) is 10.6. The first-order valence-electron chi connectivity index (χ1n) is 5.69. The maximum atomic E-state index is 5.30. The average molecular weight is 202 g/mol. The molecule has 0 aromatic rings. The van der Waals surface area contributed by atoms with Gasteiger partial charge in [-0.1, -0.05) is 20.3 Å². The first kappa shape index (κ1) is 13.9. The predicted octanol–water partition coefficient (Wildman–Crippen LogP) is 3.95. The van der Waals surface area contributed by atoms with Crippen molar-refractivity contribution >= 4 is 0 Å². The van der Waals surface area contributed by atoms with E-state index in [1.807, 2.05) is 20.8 Å². The molecule has 0 N–H and O–H groups in total. The topological polar surface area (TPSA) is 18.5 Å². The SMILES string of the molecule is CCC(C)CCC(C)OOC(C)(C)C. The molecule has 0 aromatic heterocycles. The molecule has 86 valence electrons. The molecule has 0 heterocycles. The minimum absolute atomic E-state index is 0.197. The Labute approximate surface area is 88.9 Å². The van der Waals surface area contributed by atoms with Gasteiger partial charge in [0.2, 0.25) is 0 Å². The molecule has 0 saturated heterocycles. The molecule has 0 fully saturated rings. The Morgan fingerprint density at radius 2 is 1.64 bits per heavy atom. The van der Waals surface area contributed by atoms with Gasteiger partial charge in [-0.2, -0.15) is 0 Å². The van der Waals surface area contributed by atoms with Gasteiger partial charge >= 0.3 is 0 Å². The zero-order chi connectivity index (χ0) is 11.2. The third-order valence-electron chi connectivity index (χ3n) is 2.23. The van der Waals surface area contributed by atoms with Gasteiger partial charge in [-0.3, -0.25) is 0 Å². The molecule has 0 saturated carbocycles. The molecule has 0 rings (SSSR count). The molecule has 0 aromatic carbocycles. The van der Waals surface area contributed by atoms with E-state index < -0.39 is 0 Å². The number of hydrogen-bond acceptors (Lipinski definition) is 2. The molecule has 0 spiro atoms. The van der Waals surface area contributed by atoms with Crippen molar-refractivity contribution < 1.29 is 9.78 Å². The van der Waals surface area contributed by atoms with Crippen LogP contribution in [0.2, 0.25) is 0 Å². The molecule has 0 aliphatic carbocycles. The summed E-state index contributed by atoms with van der Waals surface area (Å²) >= 11 is 0. The fraction of sp³-hybridized carbons (Fsp3) is 1.00. The summed E-state index contributed by atoms with van der Waals surface area (Å²) in [6.07, 6.45) is 3.73.